The monoisotopic (exact) mass is 328 g/mol. The second kappa shape index (κ2) is 7.73. The number of carbonyl (C=O) groups excluding carboxylic acids is 2. The lowest BCUT2D eigenvalue weighted by Gasteiger charge is -2.15. The highest BCUT2D eigenvalue weighted by Crippen LogP contribution is 2.32. The third kappa shape index (κ3) is 3.67. The predicted molar refractivity (Wildman–Crippen MR) is 83.2 cm³/mol. The largest absolute Gasteiger partial charge is 0.545 e. The van der Waals surface area contributed by atoms with Gasteiger partial charge >= 0.3 is 0 Å². The summed E-state index contributed by atoms with van der Waals surface area (Å²) in [7, 11) is 2.70. The van der Waals surface area contributed by atoms with Crippen molar-refractivity contribution in [2.24, 2.45) is 5.10 Å². The van der Waals surface area contributed by atoms with Crippen LogP contribution in [0.15, 0.2) is 41.8 Å². The van der Waals surface area contributed by atoms with Crippen LogP contribution in [0.5, 0.6) is 11.5 Å². The molecule has 1 amide bonds. The van der Waals surface area contributed by atoms with Gasteiger partial charge < -0.3 is 19.4 Å². The minimum absolute atomic E-state index is 0.0139. The molecule has 2 aromatic rings. The topological polar surface area (TPSA) is 113 Å². The highest BCUT2D eigenvalue weighted by atomic mass is 16.5. The Hall–Kier alpha value is -3.42. The van der Waals surface area contributed by atoms with Crippen molar-refractivity contribution in [2.75, 3.05) is 14.2 Å². The lowest BCUT2D eigenvalue weighted by atomic mass is 10.1. The van der Waals surface area contributed by atoms with Crippen molar-refractivity contribution in [1.82, 2.24) is 10.4 Å². The summed E-state index contributed by atoms with van der Waals surface area (Å²) in [5, 5.41) is 15.1. The van der Waals surface area contributed by atoms with E-state index >= 15 is 0 Å². The molecular weight excluding hydrogens is 314 g/mol. The van der Waals surface area contributed by atoms with E-state index in [0.29, 0.717) is 5.56 Å². The predicted octanol–water partition coefficient (Wildman–Crippen LogP) is 0.226. The Morgan fingerprint density at radius 3 is 2.62 bits per heavy atom. The maximum Gasteiger partial charge on any atom is 0.272 e. The number of aromatic nitrogens is 1. The second-order valence-electron chi connectivity index (χ2n) is 4.49. The van der Waals surface area contributed by atoms with Crippen LogP contribution in [0.4, 0.5) is 0 Å². The Balaban J connectivity index is 2.26. The van der Waals surface area contributed by atoms with Crippen LogP contribution >= 0.6 is 0 Å². The zero-order chi connectivity index (χ0) is 17.5. The number of hydrogen-bond donors (Lipinski definition) is 1. The molecule has 0 spiro atoms. The third-order valence-electron chi connectivity index (χ3n) is 3.08. The number of methoxy groups -OCH3 is 2. The first kappa shape index (κ1) is 16.9. The summed E-state index contributed by atoms with van der Waals surface area (Å²) in [6.45, 7) is 0. The van der Waals surface area contributed by atoms with Crippen LogP contribution in [0.1, 0.15) is 26.3 Å². The maximum atomic E-state index is 11.8. The molecule has 0 saturated heterocycles. The lowest BCUT2D eigenvalue weighted by Crippen LogP contribution is -2.25. The Bertz CT molecular complexity index is 775. The highest BCUT2D eigenvalue weighted by Gasteiger charge is 2.15. The molecule has 0 saturated carbocycles. The van der Waals surface area contributed by atoms with E-state index in [9.17, 15) is 14.7 Å². The first-order valence-electron chi connectivity index (χ1n) is 6.78. The molecule has 1 aromatic carbocycles. The number of aromatic carboxylic acids is 1. The van der Waals surface area contributed by atoms with Gasteiger partial charge in [0, 0.05) is 18.0 Å². The quantitative estimate of drug-likeness (QED) is 0.600. The number of pyridine rings is 1. The van der Waals surface area contributed by atoms with Gasteiger partial charge in [0.05, 0.1) is 37.5 Å². The number of nitrogens with one attached hydrogen (secondary N) is 1. The molecule has 0 radical (unpaired) electrons. The number of ether oxygens (including phenoxy) is 2. The van der Waals surface area contributed by atoms with Gasteiger partial charge in [-0.1, -0.05) is 0 Å². The molecule has 24 heavy (non-hydrogen) atoms. The smallest absolute Gasteiger partial charge is 0.272 e. The first-order chi connectivity index (χ1) is 11.6. The number of carboxylic acid groups (broad SMARTS) is 1. The molecule has 0 bridgehead atoms. The van der Waals surface area contributed by atoms with Crippen LogP contribution in [0, 0.1) is 0 Å². The van der Waals surface area contributed by atoms with Gasteiger partial charge in [-0.25, -0.2) is 5.43 Å². The van der Waals surface area contributed by atoms with Gasteiger partial charge in [-0.3, -0.25) is 9.78 Å². The summed E-state index contributed by atoms with van der Waals surface area (Å²) in [5.41, 5.74) is 2.57. The Morgan fingerprint density at radius 2 is 2.04 bits per heavy atom. The summed E-state index contributed by atoms with van der Waals surface area (Å²) < 4.78 is 10.1. The molecule has 0 fully saturated rings. The van der Waals surface area contributed by atoms with E-state index in [1.54, 1.807) is 12.1 Å². The van der Waals surface area contributed by atoms with E-state index in [1.165, 1.54) is 45.0 Å². The number of benzene rings is 1. The zero-order valence-corrected chi connectivity index (χ0v) is 13.0. The first-order valence-corrected chi connectivity index (χ1v) is 6.78. The molecule has 0 aliphatic carbocycles. The molecule has 0 atom stereocenters. The van der Waals surface area contributed by atoms with Gasteiger partial charge in [-0.2, -0.15) is 5.10 Å². The van der Waals surface area contributed by atoms with Crippen LogP contribution in [0.3, 0.4) is 0 Å². The van der Waals surface area contributed by atoms with E-state index in [1.807, 2.05) is 0 Å². The molecule has 124 valence electrons. The van der Waals surface area contributed by atoms with Gasteiger partial charge in [0.1, 0.15) is 0 Å². The highest BCUT2D eigenvalue weighted by molar-refractivity contribution is 6.01. The lowest BCUT2D eigenvalue weighted by molar-refractivity contribution is -0.255. The molecule has 0 unspecified atom stereocenters. The zero-order valence-electron chi connectivity index (χ0n) is 13.0. The van der Waals surface area contributed by atoms with Crippen LogP contribution < -0.4 is 20.0 Å². The van der Waals surface area contributed by atoms with E-state index in [2.05, 4.69) is 15.5 Å². The number of hydrazone groups is 1. The van der Waals surface area contributed by atoms with Gasteiger partial charge in [0.2, 0.25) is 0 Å². The summed E-state index contributed by atoms with van der Waals surface area (Å²) in [4.78, 5) is 27.0. The normalized spacial score (nSPS) is 10.4. The fourth-order valence-corrected chi connectivity index (χ4v) is 1.98. The van der Waals surface area contributed by atoms with Crippen molar-refractivity contribution in [3.05, 3.63) is 53.3 Å². The molecule has 1 N–H and O–H groups in total. The fraction of sp³-hybridized carbons (Fsp3) is 0.125. The molecule has 1 heterocycles. The van der Waals surface area contributed by atoms with Crippen molar-refractivity contribution in [3.8, 4) is 11.5 Å². The van der Waals surface area contributed by atoms with Crippen molar-refractivity contribution < 1.29 is 24.2 Å². The fourth-order valence-electron chi connectivity index (χ4n) is 1.98. The molecule has 8 nitrogen and oxygen atoms in total. The third-order valence-corrected chi connectivity index (χ3v) is 3.08. The average Bonchev–Trinajstić information content (AvgIpc) is 2.61. The number of rotatable bonds is 6. The summed E-state index contributed by atoms with van der Waals surface area (Å²) in [5.74, 6) is -1.67. The molecule has 1 aromatic heterocycles. The minimum Gasteiger partial charge on any atom is -0.545 e. The van der Waals surface area contributed by atoms with Crippen LogP contribution in [0.25, 0.3) is 0 Å². The van der Waals surface area contributed by atoms with Gasteiger partial charge in [0.15, 0.2) is 11.5 Å². The van der Waals surface area contributed by atoms with Crippen molar-refractivity contribution in [1.29, 1.82) is 0 Å². The number of carboxylic acids is 1. The standard InChI is InChI=1S/C16H15N3O5/c1-23-12-6-5-10(13(16(21)22)14(12)24-2)9-18-19-15(20)11-4-3-7-17-8-11/h3-9H,1-2H3,(H,19,20)(H,21,22)/p-1/b18-9-. The van der Waals surface area contributed by atoms with E-state index < -0.39 is 11.9 Å². The van der Waals surface area contributed by atoms with Crippen LogP contribution in [0.2, 0.25) is 0 Å². The van der Waals surface area contributed by atoms with Crippen molar-refractivity contribution >= 4 is 18.1 Å². The molecule has 0 aliphatic rings. The van der Waals surface area contributed by atoms with E-state index in [0.717, 1.165) is 0 Å². The SMILES string of the molecule is COc1ccc(/C=N\NC(=O)c2cccnc2)c(C(=O)[O-])c1OC. The summed E-state index contributed by atoms with van der Waals surface area (Å²) in [6.07, 6.45) is 4.10. The average molecular weight is 328 g/mol. The molecule has 8 heteroatoms. The van der Waals surface area contributed by atoms with E-state index in [4.69, 9.17) is 9.47 Å². The molecule has 2 rings (SSSR count). The molecular formula is C16H14N3O5-. The number of amides is 1. The number of carbonyl (C=O) groups is 2. The van der Waals surface area contributed by atoms with Gasteiger partial charge in [-0.05, 0) is 24.3 Å². The van der Waals surface area contributed by atoms with Crippen molar-refractivity contribution in [2.45, 2.75) is 0 Å². The summed E-state index contributed by atoms with van der Waals surface area (Å²) in [6, 6.07) is 6.17. The summed E-state index contributed by atoms with van der Waals surface area (Å²) >= 11 is 0. The Morgan fingerprint density at radius 1 is 1.25 bits per heavy atom. The van der Waals surface area contributed by atoms with Crippen LogP contribution in [-0.2, 0) is 0 Å². The second-order valence-corrected chi connectivity index (χ2v) is 4.49. The van der Waals surface area contributed by atoms with Crippen molar-refractivity contribution in [3.63, 3.8) is 0 Å². The molecule has 0 aliphatic heterocycles. The van der Waals surface area contributed by atoms with Crippen LogP contribution in [-0.4, -0.2) is 37.3 Å². The maximum absolute atomic E-state index is 11.8. The Kier molecular flexibility index (Phi) is 5.45. The number of nitrogens with zero attached hydrogens (tertiary/aromatic N) is 2. The number of hydrogen-bond acceptors (Lipinski definition) is 7. The minimum atomic E-state index is -1.45. The van der Waals surface area contributed by atoms with Gasteiger partial charge in [0.25, 0.3) is 5.91 Å². The van der Waals surface area contributed by atoms with Gasteiger partial charge in [-0.15, -0.1) is 0 Å². The Labute approximate surface area is 137 Å². The van der Waals surface area contributed by atoms with E-state index in [-0.39, 0.29) is 22.6 Å².